The third-order valence-electron chi connectivity index (χ3n) is 13.2. The minimum Gasteiger partial charge on any atom is -0.0623 e. The van der Waals surface area contributed by atoms with Gasteiger partial charge in [0.1, 0.15) is 0 Å². The third kappa shape index (κ3) is 7.67. The van der Waals surface area contributed by atoms with Crippen LogP contribution in [0.4, 0.5) is 0 Å². The molecule has 0 spiro atoms. The molecule has 0 nitrogen and oxygen atoms in total. The average molecular weight is 849 g/mol. The first-order chi connectivity index (χ1) is 32.1. The van der Waals surface area contributed by atoms with E-state index in [1.165, 1.54) is 108 Å². The molecule has 0 aliphatic carbocycles. The topological polar surface area (TPSA) is 0 Å². The molecule has 0 atom stereocenters. The Morgan fingerprint density at radius 1 is 0.182 bits per heavy atom. The molecular weight excluding hydrogens is 793 g/mol. The molecular formula is C66H56. The molecule has 0 aliphatic rings. The standard InChI is InChI=1S/C48H38.3C6H6/c1-47(2,3)27-23-37-41-33-19-11-7-15-29(33)31-17-9-13-21-35(31)43(41)39-25-28(48(4,5)6)26-40-44-36-22-14-10-18-32(36)30-16-8-12-20-34(30)42(44)38(24-27)45(37)46(39)40;3*1-2-4-6-5-3-1/h7-26H,1-6H3;3*1-6H. The van der Waals surface area contributed by atoms with E-state index in [0.29, 0.717) is 0 Å². The molecule has 320 valence electrons. The summed E-state index contributed by atoms with van der Waals surface area (Å²) < 4.78 is 0. The Balaban J connectivity index is 0.000000236. The highest BCUT2D eigenvalue weighted by molar-refractivity contribution is 6.49. The highest BCUT2D eigenvalue weighted by Crippen LogP contribution is 2.53. The summed E-state index contributed by atoms with van der Waals surface area (Å²) in [5.74, 6) is 0. The lowest BCUT2D eigenvalue weighted by Gasteiger charge is -2.27. The molecule has 0 aliphatic heterocycles. The minimum absolute atomic E-state index is 0.0260. The zero-order chi connectivity index (χ0) is 45.4. The van der Waals surface area contributed by atoms with Crippen molar-refractivity contribution in [1.29, 1.82) is 0 Å². The summed E-state index contributed by atoms with van der Waals surface area (Å²) in [5.41, 5.74) is 2.70. The molecule has 0 saturated heterocycles. The molecule has 13 rings (SSSR count). The zero-order valence-electron chi connectivity index (χ0n) is 38.9. The molecule has 0 heteroatoms. The van der Waals surface area contributed by atoms with Crippen LogP contribution < -0.4 is 0 Å². The van der Waals surface area contributed by atoms with E-state index in [4.69, 9.17) is 0 Å². The molecule has 0 amide bonds. The second-order valence-electron chi connectivity index (χ2n) is 19.5. The summed E-state index contributed by atoms with van der Waals surface area (Å²) >= 11 is 0. The first-order valence-electron chi connectivity index (χ1n) is 23.4. The number of hydrogen-bond donors (Lipinski definition) is 0. The van der Waals surface area contributed by atoms with Gasteiger partial charge in [-0.15, -0.1) is 0 Å². The van der Waals surface area contributed by atoms with E-state index in [1.54, 1.807) is 0 Å². The van der Waals surface area contributed by atoms with E-state index in [-0.39, 0.29) is 10.8 Å². The van der Waals surface area contributed by atoms with Crippen LogP contribution in [0.25, 0.3) is 97.0 Å². The molecule has 66 heavy (non-hydrogen) atoms. The minimum atomic E-state index is -0.0260. The van der Waals surface area contributed by atoms with Gasteiger partial charge in [0.25, 0.3) is 0 Å². The molecule has 0 N–H and O–H groups in total. The maximum atomic E-state index is 2.54. The van der Waals surface area contributed by atoms with E-state index in [9.17, 15) is 0 Å². The molecule has 13 aromatic rings. The van der Waals surface area contributed by atoms with Crippen molar-refractivity contribution in [2.45, 2.75) is 52.4 Å². The van der Waals surface area contributed by atoms with Crippen molar-refractivity contribution < 1.29 is 0 Å². The van der Waals surface area contributed by atoms with Gasteiger partial charge in [-0.05, 0) is 143 Å². The highest BCUT2D eigenvalue weighted by atomic mass is 14.3. The lowest BCUT2D eigenvalue weighted by molar-refractivity contribution is 0.591. The van der Waals surface area contributed by atoms with Crippen LogP contribution in [-0.2, 0) is 10.8 Å². The Morgan fingerprint density at radius 3 is 0.500 bits per heavy atom. The van der Waals surface area contributed by atoms with Crippen LogP contribution in [0.5, 0.6) is 0 Å². The first kappa shape index (κ1) is 42.4. The van der Waals surface area contributed by atoms with Crippen molar-refractivity contribution >= 4 is 97.0 Å². The summed E-state index contributed by atoms with van der Waals surface area (Å²) in [7, 11) is 0. The van der Waals surface area contributed by atoms with Gasteiger partial charge in [-0.25, -0.2) is 0 Å². The van der Waals surface area contributed by atoms with Crippen LogP contribution in [0.3, 0.4) is 0 Å². The van der Waals surface area contributed by atoms with Gasteiger partial charge in [0.2, 0.25) is 0 Å². The van der Waals surface area contributed by atoms with Crippen molar-refractivity contribution in [3.05, 3.63) is 242 Å². The molecule has 13 aromatic carbocycles. The van der Waals surface area contributed by atoms with Crippen LogP contribution in [0, 0.1) is 0 Å². The predicted octanol–water partition coefficient (Wildman–Crippen LogP) is 19.2. The molecule has 0 heterocycles. The quantitative estimate of drug-likeness (QED) is 0.105. The van der Waals surface area contributed by atoms with E-state index in [1.807, 2.05) is 109 Å². The van der Waals surface area contributed by atoms with Crippen LogP contribution in [-0.4, -0.2) is 0 Å². The summed E-state index contributed by atoms with van der Waals surface area (Å²) in [4.78, 5) is 0. The molecule has 0 saturated carbocycles. The fraction of sp³-hybridized carbons (Fsp3) is 0.121. The van der Waals surface area contributed by atoms with Crippen LogP contribution in [0.1, 0.15) is 52.7 Å². The Morgan fingerprint density at radius 2 is 0.333 bits per heavy atom. The third-order valence-corrected chi connectivity index (χ3v) is 13.2. The second-order valence-corrected chi connectivity index (χ2v) is 19.5. The van der Waals surface area contributed by atoms with Gasteiger partial charge in [0, 0.05) is 0 Å². The molecule has 0 aromatic heterocycles. The van der Waals surface area contributed by atoms with Crippen molar-refractivity contribution in [3.8, 4) is 0 Å². The molecule has 0 radical (unpaired) electrons. The van der Waals surface area contributed by atoms with E-state index >= 15 is 0 Å². The van der Waals surface area contributed by atoms with Crippen LogP contribution in [0.15, 0.2) is 231 Å². The first-order valence-corrected chi connectivity index (χ1v) is 23.4. The van der Waals surface area contributed by atoms with Gasteiger partial charge in [0.15, 0.2) is 0 Å². The van der Waals surface area contributed by atoms with Crippen LogP contribution in [0.2, 0.25) is 0 Å². The fourth-order valence-corrected chi connectivity index (χ4v) is 10.0. The fourth-order valence-electron chi connectivity index (χ4n) is 10.0. The van der Waals surface area contributed by atoms with Gasteiger partial charge < -0.3 is 0 Å². The smallest absolute Gasteiger partial charge is 0.00132 e. The molecule has 0 unspecified atom stereocenters. The van der Waals surface area contributed by atoms with Crippen molar-refractivity contribution in [3.63, 3.8) is 0 Å². The summed E-state index contributed by atoms with van der Waals surface area (Å²) in [6.45, 7) is 14.2. The summed E-state index contributed by atoms with van der Waals surface area (Å²) in [6.07, 6.45) is 0. The number of fused-ring (bicyclic) bond motifs is 16. The number of benzene rings is 13. The van der Waals surface area contributed by atoms with Gasteiger partial charge >= 0.3 is 0 Å². The predicted molar refractivity (Wildman–Crippen MR) is 292 cm³/mol. The van der Waals surface area contributed by atoms with Gasteiger partial charge in [-0.2, -0.15) is 0 Å². The zero-order valence-corrected chi connectivity index (χ0v) is 38.9. The van der Waals surface area contributed by atoms with Gasteiger partial charge in [0.05, 0.1) is 0 Å². The monoisotopic (exact) mass is 848 g/mol. The van der Waals surface area contributed by atoms with Crippen LogP contribution >= 0.6 is 0 Å². The average Bonchev–Trinajstić information content (AvgIpc) is 3.37. The number of hydrogen-bond acceptors (Lipinski definition) is 0. The Bertz CT molecular complexity index is 3250. The number of rotatable bonds is 0. The molecule has 0 bridgehead atoms. The normalized spacial score (nSPS) is 11.8. The van der Waals surface area contributed by atoms with E-state index in [2.05, 4.69) is 163 Å². The van der Waals surface area contributed by atoms with Crippen molar-refractivity contribution in [2.24, 2.45) is 0 Å². The lowest BCUT2D eigenvalue weighted by atomic mass is 9.76. The largest absolute Gasteiger partial charge is 0.0623 e. The van der Waals surface area contributed by atoms with Crippen molar-refractivity contribution in [1.82, 2.24) is 0 Å². The van der Waals surface area contributed by atoms with E-state index < -0.39 is 0 Å². The molecule has 0 fully saturated rings. The second kappa shape index (κ2) is 17.4. The van der Waals surface area contributed by atoms with Crippen molar-refractivity contribution in [2.75, 3.05) is 0 Å². The Labute approximate surface area is 389 Å². The summed E-state index contributed by atoms with van der Waals surface area (Å²) in [6, 6.07) is 82.5. The maximum absolute atomic E-state index is 2.54. The maximum Gasteiger partial charge on any atom is -0.00132 e. The van der Waals surface area contributed by atoms with Gasteiger partial charge in [-0.1, -0.05) is 248 Å². The Kier molecular flexibility index (Phi) is 11.2. The highest BCUT2D eigenvalue weighted by Gasteiger charge is 2.27. The Hall–Kier alpha value is -7.54. The van der Waals surface area contributed by atoms with Gasteiger partial charge in [-0.3, -0.25) is 0 Å². The lowest BCUT2D eigenvalue weighted by Crippen LogP contribution is -2.12. The van der Waals surface area contributed by atoms with E-state index in [0.717, 1.165) is 0 Å². The summed E-state index contributed by atoms with van der Waals surface area (Å²) in [5, 5.41) is 24.4. The SMILES string of the molecule is CC(C)(C)c1cc2c3c4ccccc4c4ccccc4c3c3cc(C(C)(C)C)cc4c5c6ccccc6c6ccccc6c5c(c1)c2c34.c1ccccc1.c1ccccc1.c1ccccc1.